The number of nitrogens with two attached hydrogens (primary N) is 1. The summed E-state index contributed by atoms with van der Waals surface area (Å²) in [6, 6.07) is 6.19. The fraction of sp³-hybridized carbons (Fsp3) is 0.625. The third kappa shape index (κ3) is 3.21. The Balaban J connectivity index is 2.31. The average Bonchev–Trinajstić information content (AvgIpc) is 2.46. The van der Waals surface area contributed by atoms with E-state index in [2.05, 4.69) is 19.1 Å². The maximum Gasteiger partial charge on any atom is 0.122 e. The Bertz CT molecular complexity index is 397. The van der Waals surface area contributed by atoms with E-state index in [-0.39, 0.29) is 0 Å². The Kier molecular flexibility index (Phi) is 4.70. The normalized spacial score (nSPS) is 27.1. The highest BCUT2D eigenvalue weighted by molar-refractivity contribution is 5.40. The quantitative estimate of drug-likeness (QED) is 0.907. The molecule has 3 nitrogen and oxygen atoms in total. The van der Waals surface area contributed by atoms with Crippen LogP contribution in [0.5, 0.6) is 11.5 Å². The van der Waals surface area contributed by atoms with Gasteiger partial charge in [-0.25, -0.2) is 0 Å². The van der Waals surface area contributed by atoms with Crippen LogP contribution in [0.3, 0.4) is 0 Å². The Labute approximate surface area is 116 Å². The van der Waals surface area contributed by atoms with Gasteiger partial charge in [0.15, 0.2) is 0 Å². The van der Waals surface area contributed by atoms with Crippen LogP contribution in [-0.2, 0) is 0 Å². The smallest absolute Gasteiger partial charge is 0.122 e. The zero-order valence-electron chi connectivity index (χ0n) is 12.2. The molecule has 3 unspecified atom stereocenters. The molecule has 0 aliphatic heterocycles. The molecular formula is C16H25NO2. The van der Waals surface area contributed by atoms with Crippen molar-refractivity contribution in [2.45, 2.75) is 32.1 Å². The Morgan fingerprint density at radius 2 is 1.74 bits per heavy atom. The lowest BCUT2D eigenvalue weighted by atomic mass is 9.71. The Morgan fingerprint density at radius 3 is 2.26 bits per heavy atom. The molecule has 1 aromatic rings. The van der Waals surface area contributed by atoms with Crippen LogP contribution in [0.15, 0.2) is 18.2 Å². The average molecular weight is 263 g/mol. The van der Waals surface area contributed by atoms with Gasteiger partial charge in [0, 0.05) is 6.07 Å². The van der Waals surface area contributed by atoms with Gasteiger partial charge in [0.2, 0.25) is 0 Å². The first-order valence-corrected chi connectivity index (χ1v) is 7.11. The van der Waals surface area contributed by atoms with Crippen molar-refractivity contribution in [2.75, 3.05) is 20.8 Å². The minimum Gasteiger partial charge on any atom is -0.497 e. The summed E-state index contributed by atoms with van der Waals surface area (Å²) < 4.78 is 10.7. The molecule has 1 fully saturated rings. The molecule has 106 valence electrons. The van der Waals surface area contributed by atoms with Crippen LogP contribution >= 0.6 is 0 Å². The molecule has 1 saturated carbocycles. The van der Waals surface area contributed by atoms with Crippen LogP contribution < -0.4 is 15.2 Å². The highest BCUT2D eigenvalue weighted by Crippen LogP contribution is 2.42. The lowest BCUT2D eigenvalue weighted by Crippen LogP contribution is -2.28. The topological polar surface area (TPSA) is 44.5 Å². The van der Waals surface area contributed by atoms with E-state index < -0.39 is 0 Å². The maximum atomic E-state index is 5.96. The van der Waals surface area contributed by atoms with Gasteiger partial charge in [-0.15, -0.1) is 0 Å². The summed E-state index contributed by atoms with van der Waals surface area (Å²) in [5.41, 5.74) is 7.26. The summed E-state index contributed by atoms with van der Waals surface area (Å²) in [7, 11) is 3.39. The van der Waals surface area contributed by atoms with Crippen molar-refractivity contribution in [3.63, 3.8) is 0 Å². The first-order chi connectivity index (χ1) is 9.17. The summed E-state index contributed by atoms with van der Waals surface area (Å²) in [5, 5.41) is 0. The first-order valence-electron chi connectivity index (χ1n) is 7.11. The minimum atomic E-state index is 0.526. The first kappa shape index (κ1) is 14.2. The van der Waals surface area contributed by atoms with Gasteiger partial charge in [-0.3, -0.25) is 0 Å². The summed E-state index contributed by atoms with van der Waals surface area (Å²) in [6.45, 7) is 3.09. The molecule has 1 aliphatic carbocycles. The number of ether oxygens (including phenoxy) is 2. The van der Waals surface area contributed by atoms with Gasteiger partial charge in [-0.2, -0.15) is 0 Å². The second-order valence-electron chi connectivity index (χ2n) is 5.67. The predicted octanol–water partition coefficient (Wildman–Crippen LogP) is 3.18. The Morgan fingerprint density at radius 1 is 1.11 bits per heavy atom. The van der Waals surface area contributed by atoms with Gasteiger partial charge < -0.3 is 15.2 Å². The number of rotatable bonds is 4. The second-order valence-corrected chi connectivity index (χ2v) is 5.67. The van der Waals surface area contributed by atoms with Crippen molar-refractivity contribution in [2.24, 2.45) is 17.6 Å². The molecule has 1 aromatic carbocycles. The Hall–Kier alpha value is -1.22. The molecule has 2 N–H and O–H groups in total. The van der Waals surface area contributed by atoms with Crippen molar-refractivity contribution in [3.05, 3.63) is 23.8 Å². The van der Waals surface area contributed by atoms with Crippen molar-refractivity contribution >= 4 is 0 Å². The van der Waals surface area contributed by atoms with Crippen LogP contribution in [0, 0.1) is 11.8 Å². The second kappa shape index (κ2) is 6.29. The summed E-state index contributed by atoms with van der Waals surface area (Å²) in [6.07, 6.45) is 3.72. The van der Waals surface area contributed by atoms with Gasteiger partial charge >= 0.3 is 0 Å². The summed E-state index contributed by atoms with van der Waals surface area (Å²) in [4.78, 5) is 0. The van der Waals surface area contributed by atoms with Crippen molar-refractivity contribution in [1.82, 2.24) is 0 Å². The van der Waals surface area contributed by atoms with Crippen LogP contribution in [-0.4, -0.2) is 20.8 Å². The van der Waals surface area contributed by atoms with Gasteiger partial charge in [0.05, 0.1) is 14.2 Å². The molecule has 1 aliphatic rings. The maximum absolute atomic E-state index is 5.96. The van der Waals surface area contributed by atoms with E-state index in [1.807, 2.05) is 6.07 Å². The highest BCUT2D eigenvalue weighted by atomic mass is 16.5. The van der Waals surface area contributed by atoms with E-state index in [0.717, 1.165) is 24.0 Å². The molecule has 0 radical (unpaired) electrons. The molecular weight excluding hydrogens is 238 g/mol. The monoisotopic (exact) mass is 263 g/mol. The molecule has 3 heteroatoms. The van der Waals surface area contributed by atoms with E-state index in [4.69, 9.17) is 15.2 Å². The van der Waals surface area contributed by atoms with E-state index in [1.165, 1.54) is 24.8 Å². The molecule has 0 bridgehead atoms. The zero-order chi connectivity index (χ0) is 13.8. The number of methoxy groups -OCH3 is 2. The molecule has 0 aromatic heterocycles. The summed E-state index contributed by atoms with van der Waals surface area (Å²) >= 11 is 0. The van der Waals surface area contributed by atoms with Crippen molar-refractivity contribution < 1.29 is 9.47 Å². The summed E-state index contributed by atoms with van der Waals surface area (Å²) in [5.74, 6) is 3.60. The predicted molar refractivity (Wildman–Crippen MR) is 77.8 cm³/mol. The number of hydrogen-bond donors (Lipinski definition) is 1. The third-order valence-electron chi connectivity index (χ3n) is 4.36. The molecule has 19 heavy (non-hydrogen) atoms. The minimum absolute atomic E-state index is 0.526. The van der Waals surface area contributed by atoms with Crippen LogP contribution in [0.25, 0.3) is 0 Å². The van der Waals surface area contributed by atoms with E-state index >= 15 is 0 Å². The largest absolute Gasteiger partial charge is 0.497 e. The standard InChI is InChI=1S/C16H25NO2/c1-11-4-5-12(10-17)16(6-11)13-7-14(18-2)9-15(8-13)19-3/h7-9,11-12,16H,4-6,10,17H2,1-3H3. The molecule has 0 saturated heterocycles. The molecule has 0 spiro atoms. The molecule has 0 amide bonds. The van der Waals surface area contributed by atoms with Crippen molar-refractivity contribution in [1.29, 1.82) is 0 Å². The lowest BCUT2D eigenvalue weighted by molar-refractivity contribution is 0.252. The van der Waals surface area contributed by atoms with Gasteiger partial charge in [-0.05, 0) is 54.8 Å². The third-order valence-corrected chi connectivity index (χ3v) is 4.36. The molecule has 2 rings (SSSR count). The molecule has 0 heterocycles. The van der Waals surface area contributed by atoms with Crippen molar-refractivity contribution in [3.8, 4) is 11.5 Å². The number of hydrogen-bond acceptors (Lipinski definition) is 3. The van der Waals surface area contributed by atoms with Gasteiger partial charge in [0.1, 0.15) is 11.5 Å². The van der Waals surface area contributed by atoms with E-state index in [9.17, 15) is 0 Å². The SMILES string of the molecule is COc1cc(OC)cc(C2CC(C)CCC2CN)c1. The van der Waals surface area contributed by atoms with Crippen LogP contribution in [0.2, 0.25) is 0 Å². The highest BCUT2D eigenvalue weighted by Gasteiger charge is 2.29. The fourth-order valence-electron chi connectivity index (χ4n) is 3.18. The molecule has 3 atom stereocenters. The number of benzene rings is 1. The van der Waals surface area contributed by atoms with Crippen LogP contribution in [0.1, 0.15) is 37.7 Å². The van der Waals surface area contributed by atoms with Gasteiger partial charge in [-0.1, -0.05) is 13.3 Å². The lowest BCUT2D eigenvalue weighted by Gasteiger charge is -2.34. The van der Waals surface area contributed by atoms with Gasteiger partial charge in [0.25, 0.3) is 0 Å². The van der Waals surface area contributed by atoms with E-state index in [1.54, 1.807) is 14.2 Å². The zero-order valence-corrected chi connectivity index (χ0v) is 12.2. The fourth-order valence-corrected chi connectivity index (χ4v) is 3.18. The van der Waals surface area contributed by atoms with E-state index in [0.29, 0.717) is 11.8 Å². The van der Waals surface area contributed by atoms with Crippen LogP contribution in [0.4, 0.5) is 0 Å².